The van der Waals surface area contributed by atoms with Crippen molar-refractivity contribution < 1.29 is 14.3 Å². The summed E-state index contributed by atoms with van der Waals surface area (Å²) < 4.78 is 4.78. The lowest BCUT2D eigenvalue weighted by Crippen LogP contribution is -2.08. The zero-order valence-electron chi connectivity index (χ0n) is 10.6. The molecule has 0 fully saturated rings. The normalized spacial score (nSPS) is 10.4. The first-order chi connectivity index (χ1) is 9.20. The molecule has 1 aromatic heterocycles. The third kappa shape index (κ3) is 3.34. The van der Waals surface area contributed by atoms with E-state index in [0.29, 0.717) is 17.7 Å². The van der Waals surface area contributed by atoms with Crippen molar-refractivity contribution in [1.82, 2.24) is 9.97 Å². The van der Waals surface area contributed by atoms with Crippen LogP contribution in [0.1, 0.15) is 30.1 Å². The van der Waals surface area contributed by atoms with E-state index >= 15 is 0 Å². The van der Waals surface area contributed by atoms with E-state index in [1.165, 1.54) is 0 Å². The fourth-order valence-electron chi connectivity index (χ4n) is 1.73. The quantitative estimate of drug-likeness (QED) is 0.607. The molecule has 0 aliphatic rings. The summed E-state index contributed by atoms with van der Waals surface area (Å²) in [6.07, 6.45) is 3.43. The van der Waals surface area contributed by atoms with Crippen molar-refractivity contribution in [3.05, 3.63) is 36.2 Å². The van der Waals surface area contributed by atoms with Gasteiger partial charge in [0.1, 0.15) is 0 Å². The van der Waals surface area contributed by atoms with E-state index in [-0.39, 0.29) is 24.6 Å². The largest absolute Gasteiger partial charge is 0.466 e. The molecule has 0 unspecified atom stereocenters. The van der Waals surface area contributed by atoms with E-state index in [2.05, 4.69) is 9.97 Å². The third-order valence-electron chi connectivity index (χ3n) is 2.65. The summed E-state index contributed by atoms with van der Waals surface area (Å²) in [7, 11) is 0. The van der Waals surface area contributed by atoms with Gasteiger partial charge >= 0.3 is 5.97 Å². The Labute approximate surface area is 110 Å². The molecule has 1 aromatic carbocycles. The van der Waals surface area contributed by atoms with Gasteiger partial charge in [0.05, 0.1) is 24.1 Å². The number of hydrogen-bond acceptors (Lipinski definition) is 5. The number of carbonyl (C=O) groups excluding carboxylic acids is 2. The summed E-state index contributed by atoms with van der Waals surface area (Å²) in [6, 6.07) is 5.14. The first-order valence-electron chi connectivity index (χ1n) is 6.10. The Morgan fingerprint density at radius 1 is 1.11 bits per heavy atom. The van der Waals surface area contributed by atoms with Gasteiger partial charge in [-0.25, -0.2) is 0 Å². The molecule has 0 N–H and O–H groups in total. The molecule has 0 aliphatic heterocycles. The second-order valence-electron chi connectivity index (χ2n) is 3.99. The van der Waals surface area contributed by atoms with Gasteiger partial charge in [0.25, 0.3) is 0 Å². The van der Waals surface area contributed by atoms with Crippen LogP contribution in [0.15, 0.2) is 30.6 Å². The van der Waals surface area contributed by atoms with Crippen molar-refractivity contribution in [1.29, 1.82) is 0 Å². The van der Waals surface area contributed by atoms with Crippen LogP contribution in [-0.4, -0.2) is 28.3 Å². The minimum absolute atomic E-state index is 0.0967. The minimum Gasteiger partial charge on any atom is -0.466 e. The molecular weight excluding hydrogens is 244 g/mol. The van der Waals surface area contributed by atoms with E-state index in [0.717, 1.165) is 5.52 Å². The Hall–Kier alpha value is -2.30. The van der Waals surface area contributed by atoms with Crippen LogP contribution in [0.5, 0.6) is 0 Å². The molecule has 5 nitrogen and oxygen atoms in total. The molecule has 98 valence electrons. The molecule has 0 saturated heterocycles. The Kier molecular flexibility index (Phi) is 4.18. The van der Waals surface area contributed by atoms with Crippen molar-refractivity contribution in [3.63, 3.8) is 0 Å². The number of carbonyl (C=O) groups is 2. The monoisotopic (exact) mass is 258 g/mol. The predicted molar refractivity (Wildman–Crippen MR) is 69.7 cm³/mol. The standard InChI is InChI=1S/C14H14N2O3/c1-2-19-14(18)6-5-13(17)10-3-4-11-12(9-10)16-8-7-15-11/h3-4,7-9H,2,5-6H2,1H3. The lowest BCUT2D eigenvalue weighted by atomic mass is 10.1. The van der Waals surface area contributed by atoms with Crippen molar-refractivity contribution >= 4 is 22.8 Å². The van der Waals surface area contributed by atoms with Crippen LogP contribution < -0.4 is 0 Å². The number of hydrogen-bond donors (Lipinski definition) is 0. The van der Waals surface area contributed by atoms with Gasteiger partial charge in [-0.3, -0.25) is 19.6 Å². The summed E-state index contributed by atoms with van der Waals surface area (Å²) >= 11 is 0. The van der Waals surface area contributed by atoms with Gasteiger partial charge in [0.2, 0.25) is 0 Å². The number of Topliss-reactive ketones (excluding diaryl/α,β-unsaturated/α-hetero) is 1. The molecule has 0 bridgehead atoms. The zero-order valence-corrected chi connectivity index (χ0v) is 10.6. The molecule has 0 atom stereocenters. The fourth-order valence-corrected chi connectivity index (χ4v) is 1.73. The zero-order chi connectivity index (χ0) is 13.7. The second kappa shape index (κ2) is 6.04. The van der Waals surface area contributed by atoms with Crippen molar-refractivity contribution in [2.45, 2.75) is 19.8 Å². The number of benzene rings is 1. The molecule has 2 aromatic rings. The molecule has 0 radical (unpaired) electrons. The fraction of sp³-hybridized carbons (Fsp3) is 0.286. The van der Waals surface area contributed by atoms with Gasteiger partial charge in [-0.15, -0.1) is 0 Å². The number of ether oxygens (including phenoxy) is 1. The van der Waals surface area contributed by atoms with E-state index in [4.69, 9.17) is 4.74 Å². The highest BCUT2D eigenvalue weighted by atomic mass is 16.5. The molecule has 2 rings (SSSR count). The van der Waals surface area contributed by atoms with Crippen LogP contribution in [0.2, 0.25) is 0 Å². The summed E-state index contributed by atoms with van der Waals surface area (Å²) in [5.41, 5.74) is 1.95. The number of aromatic nitrogens is 2. The van der Waals surface area contributed by atoms with Crippen molar-refractivity contribution in [2.24, 2.45) is 0 Å². The predicted octanol–water partition coefficient (Wildman–Crippen LogP) is 2.16. The summed E-state index contributed by atoms with van der Waals surface area (Å²) in [5.74, 6) is -0.447. The highest BCUT2D eigenvalue weighted by Gasteiger charge is 2.10. The molecule has 0 saturated carbocycles. The van der Waals surface area contributed by atoms with Crippen LogP contribution in [0.4, 0.5) is 0 Å². The maximum atomic E-state index is 11.9. The molecule has 0 aliphatic carbocycles. The first-order valence-corrected chi connectivity index (χ1v) is 6.10. The van der Waals surface area contributed by atoms with Gasteiger partial charge in [0.15, 0.2) is 5.78 Å². The molecule has 0 amide bonds. The number of esters is 1. The maximum absolute atomic E-state index is 11.9. The Morgan fingerprint density at radius 2 is 1.84 bits per heavy atom. The first kappa shape index (κ1) is 13.1. The van der Waals surface area contributed by atoms with Crippen LogP contribution in [0, 0.1) is 0 Å². The second-order valence-corrected chi connectivity index (χ2v) is 3.99. The van der Waals surface area contributed by atoms with Crippen LogP contribution in [-0.2, 0) is 9.53 Å². The lowest BCUT2D eigenvalue weighted by molar-refractivity contribution is -0.143. The lowest BCUT2D eigenvalue weighted by Gasteiger charge is -2.03. The van der Waals surface area contributed by atoms with Gasteiger partial charge in [-0.2, -0.15) is 0 Å². The van der Waals surface area contributed by atoms with E-state index < -0.39 is 0 Å². The number of rotatable bonds is 5. The van der Waals surface area contributed by atoms with E-state index in [1.807, 2.05) is 0 Å². The maximum Gasteiger partial charge on any atom is 0.306 e. The number of nitrogens with zero attached hydrogens (tertiary/aromatic N) is 2. The van der Waals surface area contributed by atoms with Crippen molar-refractivity contribution in [3.8, 4) is 0 Å². The number of fused-ring (bicyclic) bond motifs is 1. The Bertz CT molecular complexity index is 610. The average Bonchev–Trinajstić information content (AvgIpc) is 2.44. The SMILES string of the molecule is CCOC(=O)CCC(=O)c1ccc2nccnc2c1. The molecule has 0 spiro atoms. The number of ketones is 1. The summed E-state index contributed by atoms with van der Waals surface area (Å²) in [4.78, 5) is 31.4. The molecule has 5 heteroatoms. The van der Waals surface area contributed by atoms with Gasteiger partial charge in [-0.1, -0.05) is 0 Å². The van der Waals surface area contributed by atoms with Crippen LogP contribution >= 0.6 is 0 Å². The third-order valence-corrected chi connectivity index (χ3v) is 2.65. The topological polar surface area (TPSA) is 69.2 Å². The van der Waals surface area contributed by atoms with Crippen LogP contribution in [0.25, 0.3) is 11.0 Å². The van der Waals surface area contributed by atoms with Gasteiger partial charge in [-0.05, 0) is 25.1 Å². The summed E-state index contributed by atoms with van der Waals surface area (Å²) in [5, 5.41) is 0. The smallest absolute Gasteiger partial charge is 0.306 e. The highest BCUT2D eigenvalue weighted by molar-refractivity contribution is 5.99. The Morgan fingerprint density at radius 3 is 2.58 bits per heavy atom. The molecule has 19 heavy (non-hydrogen) atoms. The Balaban J connectivity index is 2.07. The summed E-state index contributed by atoms with van der Waals surface area (Å²) in [6.45, 7) is 2.07. The van der Waals surface area contributed by atoms with Crippen molar-refractivity contribution in [2.75, 3.05) is 6.61 Å². The van der Waals surface area contributed by atoms with E-state index in [9.17, 15) is 9.59 Å². The highest BCUT2D eigenvalue weighted by Crippen LogP contribution is 2.13. The van der Waals surface area contributed by atoms with E-state index in [1.54, 1.807) is 37.5 Å². The molecule has 1 heterocycles. The average molecular weight is 258 g/mol. The minimum atomic E-state index is -0.351. The van der Waals surface area contributed by atoms with Crippen LogP contribution in [0.3, 0.4) is 0 Å². The van der Waals surface area contributed by atoms with Gasteiger partial charge < -0.3 is 4.74 Å². The molecular formula is C14H14N2O3. The van der Waals surface area contributed by atoms with Gasteiger partial charge in [0, 0.05) is 24.4 Å².